The van der Waals surface area contributed by atoms with Crippen LogP contribution in [0, 0.1) is 5.92 Å². The van der Waals surface area contributed by atoms with Crippen molar-refractivity contribution in [3.63, 3.8) is 0 Å². The van der Waals surface area contributed by atoms with E-state index in [1.54, 1.807) is 7.11 Å². The van der Waals surface area contributed by atoms with E-state index in [1.165, 1.54) is 5.69 Å². The van der Waals surface area contributed by atoms with Crippen LogP contribution in [0.15, 0.2) is 29.3 Å². The molecule has 162 valence electrons. The van der Waals surface area contributed by atoms with Crippen molar-refractivity contribution in [1.82, 2.24) is 15.5 Å². The van der Waals surface area contributed by atoms with Crippen LogP contribution in [0.1, 0.15) is 33.6 Å². The average molecular weight is 404 g/mol. The number of aliphatic imine (C=N–C) groups is 1. The molecule has 1 aliphatic heterocycles. The minimum atomic E-state index is 0.183. The standard InChI is InChI=1S/C22H37N5O2/c1-5-23-22(24-13-11-21(28)26(6-2)7-3)25-16-18-12-14-27(17-18)19-9-8-10-20(15-19)29-4/h8-10,15,18H,5-7,11-14,16-17H2,1-4H3,(H2,23,24,25). The number of carbonyl (C=O) groups is 1. The molecule has 0 aromatic heterocycles. The van der Waals surface area contributed by atoms with E-state index in [2.05, 4.69) is 34.6 Å². The number of anilines is 1. The van der Waals surface area contributed by atoms with Crippen LogP contribution in [-0.2, 0) is 4.79 Å². The lowest BCUT2D eigenvalue weighted by Gasteiger charge is -2.20. The van der Waals surface area contributed by atoms with Gasteiger partial charge < -0.3 is 25.2 Å². The second kappa shape index (κ2) is 12.2. The molecule has 1 saturated heterocycles. The molecule has 1 amide bonds. The second-order valence-electron chi connectivity index (χ2n) is 7.26. The molecule has 0 aliphatic carbocycles. The second-order valence-corrected chi connectivity index (χ2v) is 7.26. The van der Waals surface area contributed by atoms with Gasteiger partial charge >= 0.3 is 0 Å². The van der Waals surface area contributed by atoms with E-state index in [1.807, 2.05) is 30.9 Å². The third-order valence-corrected chi connectivity index (χ3v) is 5.30. The van der Waals surface area contributed by atoms with Crippen LogP contribution < -0.4 is 20.3 Å². The van der Waals surface area contributed by atoms with Crippen LogP contribution in [0.2, 0.25) is 0 Å². The number of rotatable bonds is 10. The molecule has 0 saturated carbocycles. The zero-order valence-electron chi connectivity index (χ0n) is 18.4. The Morgan fingerprint density at radius 2 is 2.07 bits per heavy atom. The molecule has 1 unspecified atom stereocenters. The summed E-state index contributed by atoms with van der Waals surface area (Å²) in [5.74, 6) is 2.39. The quantitative estimate of drug-likeness (QED) is 0.464. The molecule has 7 heteroatoms. The fourth-order valence-electron chi connectivity index (χ4n) is 3.61. The molecule has 2 N–H and O–H groups in total. The van der Waals surface area contributed by atoms with Crippen molar-refractivity contribution in [3.8, 4) is 5.75 Å². The largest absolute Gasteiger partial charge is 0.497 e. The summed E-state index contributed by atoms with van der Waals surface area (Å²) in [6.07, 6.45) is 1.61. The zero-order valence-corrected chi connectivity index (χ0v) is 18.4. The van der Waals surface area contributed by atoms with Crippen LogP contribution in [0.3, 0.4) is 0 Å². The van der Waals surface area contributed by atoms with Crippen molar-refractivity contribution in [2.24, 2.45) is 10.9 Å². The van der Waals surface area contributed by atoms with Crippen molar-refractivity contribution in [2.75, 3.05) is 57.8 Å². The lowest BCUT2D eigenvalue weighted by molar-refractivity contribution is -0.130. The minimum Gasteiger partial charge on any atom is -0.497 e. The molecule has 1 aromatic rings. The van der Waals surface area contributed by atoms with Gasteiger partial charge in [-0.2, -0.15) is 0 Å². The molecular formula is C22H37N5O2. The predicted molar refractivity (Wildman–Crippen MR) is 120 cm³/mol. The van der Waals surface area contributed by atoms with Gasteiger partial charge in [0.2, 0.25) is 5.91 Å². The van der Waals surface area contributed by atoms with Gasteiger partial charge in [-0.1, -0.05) is 6.07 Å². The molecule has 1 heterocycles. The van der Waals surface area contributed by atoms with Crippen molar-refractivity contribution in [1.29, 1.82) is 0 Å². The Morgan fingerprint density at radius 3 is 2.76 bits per heavy atom. The summed E-state index contributed by atoms with van der Waals surface area (Å²) >= 11 is 0. The molecule has 1 aliphatic rings. The molecule has 29 heavy (non-hydrogen) atoms. The summed E-state index contributed by atoms with van der Waals surface area (Å²) in [4.78, 5) is 21.2. The lowest BCUT2D eigenvalue weighted by Crippen LogP contribution is -2.40. The van der Waals surface area contributed by atoms with Gasteiger partial charge in [-0.05, 0) is 45.2 Å². The summed E-state index contributed by atoms with van der Waals surface area (Å²) in [7, 11) is 1.70. The topological polar surface area (TPSA) is 69.2 Å². The fourth-order valence-corrected chi connectivity index (χ4v) is 3.61. The Kier molecular flexibility index (Phi) is 9.60. The van der Waals surface area contributed by atoms with Gasteiger partial charge in [0.15, 0.2) is 5.96 Å². The van der Waals surface area contributed by atoms with E-state index in [0.29, 0.717) is 18.9 Å². The van der Waals surface area contributed by atoms with Gasteiger partial charge in [0, 0.05) is 64.0 Å². The molecular weight excluding hydrogens is 366 g/mol. The van der Waals surface area contributed by atoms with E-state index in [-0.39, 0.29) is 5.91 Å². The first-order valence-electron chi connectivity index (χ1n) is 10.8. The SMILES string of the molecule is CCNC(=NCC1CCN(c2cccc(OC)c2)C1)NCCC(=O)N(CC)CC. The maximum atomic E-state index is 12.1. The highest BCUT2D eigenvalue weighted by Gasteiger charge is 2.23. The summed E-state index contributed by atoms with van der Waals surface area (Å²) in [5, 5.41) is 6.58. The van der Waals surface area contributed by atoms with E-state index in [4.69, 9.17) is 9.73 Å². The maximum absolute atomic E-state index is 12.1. The van der Waals surface area contributed by atoms with Gasteiger partial charge in [-0.3, -0.25) is 9.79 Å². The first-order valence-corrected chi connectivity index (χ1v) is 10.8. The van der Waals surface area contributed by atoms with E-state index >= 15 is 0 Å². The average Bonchev–Trinajstić information content (AvgIpc) is 3.22. The lowest BCUT2D eigenvalue weighted by atomic mass is 10.1. The number of methoxy groups -OCH3 is 1. The molecule has 1 fully saturated rings. The number of benzene rings is 1. The number of nitrogens with one attached hydrogen (secondary N) is 2. The molecule has 1 aromatic carbocycles. The zero-order chi connectivity index (χ0) is 21.1. The fraction of sp³-hybridized carbons (Fsp3) is 0.636. The third kappa shape index (κ3) is 7.15. The normalized spacial score (nSPS) is 16.6. The highest BCUT2D eigenvalue weighted by atomic mass is 16.5. The van der Waals surface area contributed by atoms with Crippen LogP contribution in [0.5, 0.6) is 5.75 Å². The molecule has 0 radical (unpaired) electrons. The highest BCUT2D eigenvalue weighted by Crippen LogP contribution is 2.26. The Balaban J connectivity index is 1.83. The predicted octanol–water partition coefficient (Wildman–Crippen LogP) is 2.34. The third-order valence-electron chi connectivity index (χ3n) is 5.30. The number of ether oxygens (including phenoxy) is 1. The molecule has 2 rings (SSSR count). The van der Waals surface area contributed by atoms with Crippen molar-refractivity contribution < 1.29 is 9.53 Å². The summed E-state index contributed by atoms with van der Waals surface area (Å²) in [6, 6.07) is 8.23. The Labute approximate surface area is 175 Å². The first-order chi connectivity index (χ1) is 14.1. The van der Waals surface area contributed by atoms with Crippen LogP contribution in [-0.4, -0.2) is 69.7 Å². The number of amides is 1. The maximum Gasteiger partial charge on any atom is 0.224 e. The van der Waals surface area contributed by atoms with Gasteiger partial charge in [0.05, 0.1) is 7.11 Å². The molecule has 0 spiro atoms. The van der Waals surface area contributed by atoms with E-state index < -0.39 is 0 Å². The van der Waals surface area contributed by atoms with Gasteiger partial charge in [-0.25, -0.2) is 0 Å². The van der Waals surface area contributed by atoms with Gasteiger partial charge in [0.25, 0.3) is 0 Å². The van der Waals surface area contributed by atoms with Gasteiger partial charge in [0.1, 0.15) is 5.75 Å². The number of hydrogen-bond donors (Lipinski definition) is 2. The van der Waals surface area contributed by atoms with Crippen LogP contribution >= 0.6 is 0 Å². The Morgan fingerprint density at radius 1 is 1.28 bits per heavy atom. The number of guanidine groups is 1. The van der Waals surface area contributed by atoms with Crippen LogP contribution in [0.4, 0.5) is 5.69 Å². The minimum absolute atomic E-state index is 0.183. The van der Waals surface area contributed by atoms with Crippen LogP contribution in [0.25, 0.3) is 0 Å². The summed E-state index contributed by atoms with van der Waals surface area (Å²) in [5.41, 5.74) is 1.20. The molecule has 0 bridgehead atoms. The smallest absolute Gasteiger partial charge is 0.224 e. The number of hydrogen-bond acceptors (Lipinski definition) is 4. The number of nitrogens with zero attached hydrogens (tertiary/aromatic N) is 3. The van der Waals surface area contributed by atoms with Crippen molar-refractivity contribution in [2.45, 2.75) is 33.6 Å². The molecule has 1 atom stereocenters. The highest BCUT2D eigenvalue weighted by molar-refractivity contribution is 5.81. The van der Waals surface area contributed by atoms with Gasteiger partial charge in [-0.15, -0.1) is 0 Å². The Bertz CT molecular complexity index is 660. The summed E-state index contributed by atoms with van der Waals surface area (Å²) < 4.78 is 5.34. The van der Waals surface area contributed by atoms with Crippen molar-refractivity contribution >= 4 is 17.6 Å². The molecule has 7 nitrogen and oxygen atoms in total. The first kappa shape index (κ1) is 22.8. The Hall–Kier alpha value is -2.44. The summed E-state index contributed by atoms with van der Waals surface area (Å²) in [6.45, 7) is 11.8. The van der Waals surface area contributed by atoms with E-state index in [0.717, 1.165) is 57.4 Å². The number of carbonyl (C=O) groups excluding carboxylic acids is 1. The van der Waals surface area contributed by atoms with Crippen molar-refractivity contribution in [3.05, 3.63) is 24.3 Å². The monoisotopic (exact) mass is 403 g/mol. The van der Waals surface area contributed by atoms with E-state index in [9.17, 15) is 4.79 Å².